The van der Waals surface area contributed by atoms with E-state index in [1.807, 2.05) is 6.26 Å². The zero-order chi connectivity index (χ0) is 24.3. The predicted octanol–water partition coefficient (Wildman–Crippen LogP) is -1.78. The summed E-state index contributed by atoms with van der Waals surface area (Å²) >= 11 is 1.47. The first-order chi connectivity index (χ1) is 15.1. The number of amides is 3. The second-order valence-electron chi connectivity index (χ2n) is 7.54. The van der Waals surface area contributed by atoms with Gasteiger partial charge in [-0.2, -0.15) is 11.8 Å². The van der Waals surface area contributed by atoms with Gasteiger partial charge in [-0.1, -0.05) is 13.8 Å². The third kappa shape index (κ3) is 8.85. The van der Waals surface area contributed by atoms with Crippen LogP contribution in [0, 0.1) is 5.92 Å². The molecule has 32 heavy (non-hydrogen) atoms. The molecule has 4 atom stereocenters. The minimum atomic E-state index is -1.40. The van der Waals surface area contributed by atoms with Crippen molar-refractivity contribution in [2.45, 2.75) is 50.9 Å². The molecule has 12 nitrogen and oxygen atoms in total. The van der Waals surface area contributed by atoms with Gasteiger partial charge in [0.1, 0.15) is 18.1 Å². The first kappa shape index (κ1) is 27.4. The second kappa shape index (κ2) is 13.7. The monoisotopic (exact) mass is 472 g/mol. The number of aromatic nitrogens is 2. The maximum atomic E-state index is 12.7. The number of nitrogens with zero attached hydrogens (tertiary/aromatic N) is 1. The lowest BCUT2D eigenvalue weighted by Gasteiger charge is -2.25. The third-order valence-corrected chi connectivity index (χ3v) is 5.32. The molecule has 0 bridgehead atoms. The first-order valence-electron chi connectivity index (χ1n) is 10.1. The highest BCUT2D eigenvalue weighted by atomic mass is 32.2. The van der Waals surface area contributed by atoms with Crippen LogP contribution in [0.15, 0.2) is 12.5 Å². The number of rotatable bonds is 14. The van der Waals surface area contributed by atoms with E-state index in [1.165, 1.54) is 24.3 Å². The van der Waals surface area contributed by atoms with Gasteiger partial charge in [-0.25, -0.2) is 9.78 Å². The maximum Gasteiger partial charge on any atom is 0.326 e. The Morgan fingerprint density at radius 3 is 2.19 bits per heavy atom. The van der Waals surface area contributed by atoms with Crippen molar-refractivity contribution >= 4 is 35.5 Å². The number of carboxylic acid groups (broad SMARTS) is 1. The summed E-state index contributed by atoms with van der Waals surface area (Å²) in [6.45, 7) is 2.79. The van der Waals surface area contributed by atoms with Gasteiger partial charge in [-0.15, -0.1) is 0 Å². The highest BCUT2D eigenvalue weighted by molar-refractivity contribution is 7.98. The number of nitrogens with two attached hydrogens (primary N) is 1. The van der Waals surface area contributed by atoms with E-state index in [0.717, 1.165) is 0 Å². The average molecular weight is 473 g/mol. The van der Waals surface area contributed by atoms with Crippen LogP contribution in [0.4, 0.5) is 0 Å². The molecule has 3 amide bonds. The molecule has 0 fully saturated rings. The van der Waals surface area contributed by atoms with E-state index in [0.29, 0.717) is 11.4 Å². The maximum absolute atomic E-state index is 12.7. The molecule has 0 radical (unpaired) electrons. The molecular formula is C19H32N6O6S. The Labute approximate surface area is 190 Å². The standard InChI is InChI=1S/C19H32N6O6S/c1-10(2)15(20)18(29)23-12(4-5-32-3)16(27)25-14(8-26)17(28)24-13(19(30)31)6-11-7-21-9-22-11/h7,9-10,12-15,26H,4-6,8,20H2,1-3H3,(H,21,22)(H,23,29)(H,24,28)(H,25,27)(H,30,31). The summed E-state index contributed by atoms with van der Waals surface area (Å²) in [7, 11) is 0. The lowest BCUT2D eigenvalue weighted by Crippen LogP contribution is -2.58. The van der Waals surface area contributed by atoms with Gasteiger partial charge in [0.25, 0.3) is 0 Å². The summed E-state index contributed by atoms with van der Waals surface area (Å²) in [6.07, 6.45) is 4.86. The number of aliphatic hydroxyl groups excluding tert-OH is 1. The molecule has 0 aliphatic carbocycles. The highest BCUT2D eigenvalue weighted by Crippen LogP contribution is 2.05. The molecule has 1 aromatic rings. The fourth-order valence-corrected chi connectivity index (χ4v) is 3.10. The fourth-order valence-electron chi connectivity index (χ4n) is 2.63. The van der Waals surface area contributed by atoms with Crippen molar-refractivity contribution in [2.75, 3.05) is 18.6 Å². The number of carboxylic acids is 1. The normalized spacial score (nSPS) is 14.8. The molecule has 0 saturated heterocycles. The number of hydrogen-bond donors (Lipinski definition) is 7. The van der Waals surface area contributed by atoms with E-state index in [-0.39, 0.29) is 18.8 Å². The summed E-state index contributed by atoms with van der Waals surface area (Å²) in [4.78, 5) is 55.6. The molecule has 0 aliphatic heterocycles. The number of thioether (sulfide) groups is 1. The number of H-pyrrole nitrogens is 1. The largest absolute Gasteiger partial charge is 0.480 e. The average Bonchev–Trinajstić information content (AvgIpc) is 3.26. The van der Waals surface area contributed by atoms with Crippen LogP contribution in [0.3, 0.4) is 0 Å². The van der Waals surface area contributed by atoms with Gasteiger partial charge in [0.15, 0.2) is 0 Å². The van der Waals surface area contributed by atoms with Crippen molar-refractivity contribution < 1.29 is 29.4 Å². The first-order valence-corrected chi connectivity index (χ1v) is 11.5. The Morgan fingerprint density at radius 2 is 1.69 bits per heavy atom. The Kier molecular flexibility index (Phi) is 11.7. The molecule has 13 heteroatoms. The van der Waals surface area contributed by atoms with Crippen molar-refractivity contribution in [2.24, 2.45) is 11.7 Å². The molecule has 1 rings (SSSR count). The van der Waals surface area contributed by atoms with Crippen molar-refractivity contribution in [3.05, 3.63) is 18.2 Å². The zero-order valence-electron chi connectivity index (χ0n) is 18.3. The van der Waals surface area contributed by atoms with Gasteiger partial charge in [0.05, 0.1) is 19.0 Å². The lowest BCUT2D eigenvalue weighted by molar-refractivity contribution is -0.142. The molecule has 0 aromatic carbocycles. The van der Waals surface area contributed by atoms with Gasteiger partial charge in [0.2, 0.25) is 17.7 Å². The number of hydrogen-bond acceptors (Lipinski definition) is 8. The molecular weight excluding hydrogens is 440 g/mol. The molecule has 180 valence electrons. The van der Waals surface area contributed by atoms with Crippen LogP contribution in [0.25, 0.3) is 0 Å². The molecule has 1 aromatic heterocycles. The number of aliphatic hydroxyl groups is 1. The highest BCUT2D eigenvalue weighted by Gasteiger charge is 2.30. The minimum Gasteiger partial charge on any atom is -0.480 e. The number of carbonyl (C=O) groups is 4. The van der Waals surface area contributed by atoms with Crippen LogP contribution in [-0.2, 0) is 25.6 Å². The summed E-state index contributed by atoms with van der Waals surface area (Å²) in [5.41, 5.74) is 6.33. The number of aliphatic carboxylic acids is 1. The Balaban J connectivity index is 2.82. The predicted molar refractivity (Wildman–Crippen MR) is 119 cm³/mol. The van der Waals surface area contributed by atoms with E-state index in [2.05, 4.69) is 25.9 Å². The Bertz CT molecular complexity index is 759. The number of carbonyl (C=O) groups excluding carboxylic acids is 3. The van der Waals surface area contributed by atoms with Crippen molar-refractivity contribution in [3.63, 3.8) is 0 Å². The SMILES string of the molecule is CSCCC(NC(=O)C(N)C(C)C)C(=O)NC(CO)C(=O)NC(Cc1cnc[nH]1)C(=O)O. The topological polar surface area (TPSA) is 200 Å². The summed E-state index contributed by atoms with van der Waals surface area (Å²) in [5.74, 6) is -2.94. The van der Waals surface area contributed by atoms with Gasteiger partial charge < -0.3 is 36.9 Å². The van der Waals surface area contributed by atoms with Crippen molar-refractivity contribution in [1.82, 2.24) is 25.9 Å². The van der Waals surface area contributed by atoms with Gasteiger partial charge >= 0.3 is 5.97 Å². The van der Waals surface area contributed by atoms with Crippen LogP contribution in [-0.4, -0.2) is 86.7 Å². The molecule has 0 saturated carbocycles. The van der Waals surface area contributed by atoms with E-state index >= 15 is 0 Å². The molecule has 8 N–H and O–H groups in total. The van der Waals surface area contributed by atoms with Crippen LogP contribution in [0.5, 0.6) is 0 Å². The van der Waals surface area contributed by atoms with Crippen molar-refractivity contribution in [1.29, 1.82) is 0 Å². The van der Waals surface area contributed by atoms with Crippen LogP contribution < -0.4 is 21.7 Å². The Morgan fingerprint density at radius 1 is 1.09 bits per heavy atom. The minimum absolute atomic E-state index is 0.0628. The van der Waals surface area contributed by atoms with E-state index < -0.39 is 54.5 Å². The molecule has 0 aliphatic rings. The molecule has 1 heterocycles. The van der Waals surface area contributed by atoms with Gasteiger partial charge in [0, 0.05) is 18.3 Å². The quantitative estimate of drug-likeness (QED) is 0.163. The number of aromatic amines is 1. The molecule has 0 spiro atoms. The van der Waals surface area contributed by atoms with Gasteiger partial charge in [-0.3, -0.25) is 14.4 Å². The Hall–Kier alpha value is -2.64. The van der Waals surface area contributed by atoms with E-state index in [4.69, 9.17) is 5.73 Å². The van der Waals surface area contributed by atoms with Crippen LogP contribution in [0.2, 0.25) is 0 Å². The smallest absolute Gasteiger partial charge is 0.326 e. The van der Waals surface area contributed by atoms with Gasteiger partial charge in [-0.05, 0) is 24.3 Å². The second-order valence-corrected chi connectivity index (χ2v) is 8.52. The van der Waals surface area contributed by atoms with Crippen molar-refractivity contribution in [3.8, 4) is 0 Å². The summed E-state index contributed by atoms with van der Waals surface area (Å²) < 4.78 is 0. The summed E-state index contributed by atoms with van der Waals surface area (Å²) in [5, 5.41) is 26.2. The fraction of sp³-hybridized carbons (Fsp3) is 0.632. The zero-order valence-corrected chi connectivity index (χ0v) is 19.1. The van der Waals surface area contributed by atoms with Crippen LogP contribution >= 0.6 is 11.8 Å². The molecule has 4 unspecified atom stereocenters. The third-order valence-electron chi connectivity index (χ3n) is 4.67. The van der Waals surface area contributed by atoms with Crippen LogP contribution in [0.1, 0.15) is 26.0 Å². The summed E-state index contributed by atoms with van der Waals surface area (Å²) in [6, 6.07) is -4.49. The number of imidazole rings is 1. The van der Waals surface area contributed by atoms with E-state index in [9.17, 15) is 29.4 Å². The lowest BCUT2D eigenvalue weighted by atomic mass is 10.0. The van der Waals surface area contributed by atoms with E-state index in [1.54, 1.807) is 13.8 Å². The number of nitrogens with one attached hydrogen (secondary N) is 4.